The molecule has 0 spiro atoms. The maximum Gasteiger partial charge on any atom is 0.0856 e. The molecule has 0 radical (unpaired) electrons. The highest BCUT2D eigenvalue weighted by Gasteiger charge is 2.20. The van der Waals surface area contributed by atoms with Crippen LogP contribution in [0.4, 0.5) is 0 Å². The van der Waals surface area contributed by atoms with Crippen LogP contribution in [0.2, 0.25) is 0 Å². The lowest BCUT2D eigenvalue weighted by Crippen LogP contribution is -2.50. The highest BCUT2D eigenvalue weighted by atomic mass is 16.3. The predicted octanol–water partition coefficient (Wildman–Crippen LogP) is 0.724. The third-order valence-corrected chi connectivity index (χ3v) is 2.61. The Balaban J connectivity index is 0.000000304. The molecule has 4 nitrogen and oxygen atoms in total. The Morgan fingerprint density at radius 3 is 2.12 bits per heavy atom. The zero-order chi connectivity index (χ0) is 13.1. The van der Waals surface area contributed by atoms with E-state index < -0.39 is 25.4 Å². The zero-order valence-electron chi connectivity index (χ0n) is 10.6. The fourth-order valence-electron chi connectivity index (χ4n) is 1.22. The first-order valence-corrected chi connectivity index (χ1v) is 6.09. The van der Waals surface area contributed by atoms with Crippen molar-refractivity contribution in [2.24, 2.45) is 5.73 Å². The standard InChI is InChI=1S/C9H14.C4H11NO3/c1-2-3-6-9-7-4-5-8-9;5-4(1-6,2-7)3-8/h4,7-8H,2-3,5-6H2,1H3;6-8H,1-3,5H2. The van der Waals surface area contributed by atoms with Crippen molar-refractivity contribution in [3.05, 3.63) is 23.8 Å². The van der Waals surface area contributed by atoms with E-state index in [-0.39, 0.29) is 0 Å². The highest BCUT2D eigenvalue weighted by Crippen LogP contribution is 2.14. The minimum Gasteiger partial charge on any atom is -0.394 e. The Kier molecular flexibility index (Phi) is 8.99. The van der Waals surface area contributed by atoms with Gasteiger partial charge in [0.15, 0.2) is 0 Å². The number of unbranched alkanes of at least 4 members (excludes halogenated alkanes) is 1. The summed E-state index contributed by atoms with van der Waals surface area (Å²) in [6.45, 7) is 1.03. The molecule has 0 saturated carbocycles. The minimum absolute atomic E-state index is 0.403. The Bertz CT molecular complexity index is 237. The van der Waals surface area contributed by atoms with Gasteiger partial charge in [0.25, 0.3) is 0 Å². The van der Waals surface area contributed by atoms with Crippen LogP contribution >= 0.6 is 0 Å². The SMILES string of the molecule is CCCCC1=CCC=C1.NC(CO)(CO)CO. The minimum atomic E-state index is -1.21. The van der Waals surface area contributed by atoms with Gasteiger partial charge in [0.2, 0.25) is 0 Å². The number of aliphatic hydroxyl groups excluding tert-OH is 3. The van der Waals surface area contributed by atoms with Crippen LogP contribution in [-0.4, -0.2) is 40.7 Å². The molecule has 0 unspecified atom stereocenters. The molecule has 1 rings (SSSR count). The zero-order valence-corrected chi connectivity index (χ0v) is 10.6. The van der Waals surface area contributed by atoms with E-state index in [1.165, 1.54) is 31.3 Å². The lowest BCUT2D eigenvalue weighted by atomic mass is 10.1. The summed E-state index contributed by atoms with van der Waals surface area (Å²) in [6, 6.07) is 0. The van der Waals surface area contributed by atoms with Gasteiger partial charge in [0, 0.05) is 0 Å². The molecule has 0 saturated heterocycles. The second-order valence-electron chi connectivity index (χ2n) is 4.36. The van der Waals surface area contributed by atoms with Crippen LogP contribution in [-0.2, 0) is 0 Å². The summed E-state index contributed by atoms with van der Waals surface area (Å²) in [5, 5.41) is 25.0. The second-order valence-corrected chi connectivity index (χ2v) is 4.36. The molecule has 4 heteroatoms. The molecular weight excluding hydrogens is 218 g/mol. The van der Waals surface area contributed by atoms with Crippen molar-refractivity contribution < 1.29 is 15.3 Å². The van der Waals surface area contributed by atoms with Crippen molar-refractivity contribution in [1.82, 2.24) is 0 Å². The molecule has 5 N–H and O–H groups in total. The van der Waals surface area contributed by atoms with Crippen LogP contribution in [0.5, 0.6) is 0 Å². The summed E-state index contributed by atoms with van der Waals surface area (Å²) in [4.78, 5) is 0. The lowest BCUT2D eigenvalue weighted by molar-refractivity contribution is 0.0698. The van der Waals surface area contributed by atoms with E-state index >= 15 is 0 Å². The topological polar surface area (TPSA) is 86.7 Å². The average Bonchev–Trinajstić information content (AvgIpc) is 2.89. The van der Waals surface area contributed by atoms with Gasteiger partial charge in [-0.15, -0.1) is 0 Å². The van der Waals surface area contributed by atoms with Crippen LogP contribution in [0.3, 0.4) is 0 Å². The van der Waals surface area contributed by atoms with Crippen molar-refractivity contribution in [2.75, 3.05) is 19.8 Å². The number of allylic oxidation sites excluding steroid dienone is 4. The van der Waals surface area contributed by atoms with Gasteiger partial charge < -0.3 is 21.1 Å². The Hall–Kier alpha value is -0.680. The summed E-state index contributed by atoms with van der Waals surface area (Å²) in [6.07, 6.45) is 11.9. The first-order chi connectivity index (χ1) is 8.11. The molecule has 0 fully saturated rings. The van der Waals surface area contributed by atoms with Crippen LogP contribution in [0, 0.1) is 0 Å². The van der Waals surface area contributed by atoms with Gasteiger partial charge in [-0.3, -0.25) is 0 Å². The molecule has 1 aliphatic rings. The summed E-state index contributed by atoms with van der Waals surface area (Å²) in [7, 11) is 0. The number of aliphatic hydroxyl groups is 3. The summed E-state index contributed by atoms with van der Waals surface area (Å²) in [5.41, 5.74) is 5.48. The fraction of sp³-hybridized carbons (Fsp3) is 0.692. The van der Waals surface area contributed by atoms with Gasteiger partial charge >= 0.3 is 0 Å². The van der Waals surface area contributed by atoms with Crippen molar-refractivity contribution in [3.8, 4) is 0 Å². The first kappa shape index (κ1) is 16.3. The molecule has 0 aromatic rings. The molecule has 0 atom stereocenters. The smallest absolute Gasteiger partial charge is 0.0856 e. The molecule has 0 aromatic heterocycles. The molecule has 17 heavy (non-hydrogen) atoms. The van der Waals surface area contributed by atoms with Crippen LogP contribution < -0.4 is 5.73 Å². The van der Waals surface area contributed by atoms with E-state index in [0.717, 1.165) is 0 Å². The normalized spacial score (nSPS) is 14.3. The van der Waals surface area contributed by atoms with Gasteiger partial charge in [0.05, 0.1) is 25.4 Å². The molecular formula is C13H25NO3. The highest BCUT2D eigenvalue weighted by molar-refractivity contribution is 5.25. The second kappa shape index (κ2) is 9.36. The third-order valence-electron chi connectivity index (χ3n) is 2.61. The van der Waals surface area contributed by atoms with E-state index in [4.69, 9.17) is 21.1 Å². The summed E-state index contributed by atoms with van der Waals surface area (Å²) in [5.74, 6) is 0. The van der Waals surface area contributed by atoms with E-state index in [0.29, 0.717) is 0 Å². The summed E-state index contributed by atoms with van der Waals surface area (Å²) >= 11 is 0. The van der Waals surface area contributed by atoms with Crippen molar-refractivity contribution in [1.29, 1.82) is 0 Å². The van der Waals surface area contributed by atoms with Crippen molar-refractivity contribution in [2.45, 2.75) is 38.1 Å². The molecule has 0 bridgehead atoms. The fourth-order valence-corrected chi connectivity index (χ4v) is 1.22. The van der Waals surface area contributed by atoms with E-state index in [1.807, 2.05) is 0 Å². The molecule has 0 heterocycles. The molecule has 0 amide bonds. The van der Waals surface area contributed by atoms with Gasteiger partial charge in [-0.05, 0) is 19.3 Å². The first-order valence-electron chi connectivity index (χ1n) is 6.09. The van der Waals surface area contributed by atoms with Crippen LogP contribution in [0.1, 0.15) is 32.6 Å². The maximum absolute atomic E-state index is 8.34. The van der Waals surface area contributed by atoms with Crippen molar-refractivity contribution >= 4 is 0 Å². The predicted molar refractivity (Wildman–Crippen MR) is 69.5 cm³/mol. The molecule has 1 aliphatic carbocycles. The van der Waals surface area contributed by atoms with Crippen LogP contribution in [0.15, 0.2) is 23.8 Å². The van der Waals surface area contributed by atoms with Gasteiger partial charge in [-0.2, -0.15) is 0 Å². The van der Waals surface area contributed by atoms with Gasteiger partial charge in [0.1, 0.15) is 0 Å². The monoisotopic (exact) mass is 243 g/mol. The van der Waals surface area contributed by atoms with E-state index in [9.17, 15) is 0 Å². The quantitative estimate of drug-likeness (QED) is 0.554. The van der Waals surface area contributed by atoms with E-state index in [1.54, 1.807) is 0 Å². The molecule has 0 aromatic carbocycles. The maximum atomic E-state index is 8.34. The Labute approximate surface area is 103 Å². The number of hydrogen-bond acceptors (Lipinski definition) is 4. The van der Waals surface area contributed by atoms with E-state index in [2.05, 4.69) is 25.2 Å². The van der Waals surface area contributed by atoms with Crippen molar-refractivity contribution in [3.63, 3.8) is 0 Å². The lowest BCUT2D eigenvalue weighted by Gasteiger charge is -2.20. The third kappa shape index (κ3) is 7.28. The summed E-state index contributed by atoms with van der Waals surface area (Å²) < 4.78 is 0. The number of rotatable bonds is 6. The van der Waals surface area contributed by atoms with Crippen LogP contribution in [0.25, 0.3) is 0 Å². The van der Waals surface area contributed by atoms with Gasteiger partial charge in [-0.1, -0.05) is 37.1 Å². The Morgan fingerprint density at radius 2 is 1.82 bits per heavy atom. The molecule has 0 aliphatic heterocycles. The Morgan fingerprint density at radius 1 is 1.24 bits per heavy atom. The largest absolute Gasteiger partial charge is 0.394 e. The van der Waals surface area contributed by atoms with Gasteiger partial charge in [-0.25, -0.2) is 0 Å². The number of nitrogens with two attached hydrogens (primary N) is 1. The number of hydrogen-bond donors (Lipinski definition) is 4. The molecule has 100 valence electrons. The average molecular weight is 243 g/mol.